The minimum atomic E-state index is -2.80. The molecule has 0 aromatic rings. The Kier molecular flexibility index (Phi) is 11.0. The highest BCUT2D eigenvalue weighted by atomic mass is 19.4. The molecular formula is C7H13F4N3O4. The van der Waals surface area contributed by atoms with Crippen LogP contribution in [0.4, 0.5) is 22.5 Å². The van der Waals surface area contributed by atoms with Crippen LogP contribution in [0.25, 0.3) is 0 Å². The number of amides is 1. The molecule has 18 heavy (non-hydrogen) atoms. The second kappa shape index (κ2) is 10.5. The molecule has 0 rings (SSSR count). The lowest BCUT2D eigenvalue weighted by atomic mass is 10.1. The van der Waals surface area contributed by atoms with Crippen LogP contribution < -0.4 is 11.1 Å². The van der Waals surface area contributed by atoms with Gasteiger partial charge in [0.05, 0.1) is 0 Å². The van der Waals surface area contributed by atoms with Crippen molar-refractivity contribution in [1.82, 2.24) is 10.7 Å². The topological polar surface area (TPSA) is 116 Å². The van der Waals surface area contributed by atoms with Crippen molar-refractivity contribution in [2.75, 3.05) is 6.54 Å². The van der Waals surface area contributed by atoms with E-state index in [0.29, 0.717) is 13.0 Å². The Hall–Kier alpha value is -1.62. The quantitative estimate of drug-likeness (QED) is 0.323. The van der Waals surface area contributed by atoms with Gasteiger partial charge in [-0.1, -0.05) is 8.96 Å². The molecule has 0 aromatic carbocycles. The number of aliphatic carboxylic acids is 1. The number of halogens is 4. The predicted octanol–water partition coefficient (Wildman–Crippen LogP) is 0.726. The summed E-state index contributed by atoms with van der Waals surface area (Å²) < 4.78 is 44.1. The molecule has 0 aliphatic heterocycles. The number of nitrogens with two attached hydrogens (primary N) is 1. The van der Waals surface area contributed by atoms with Crippen molar-refractivity contribution in [3.8, 4) is 0 Å². The summed E-state index contributed by atoms with van der Waals surface area (Å²) in [5, 5.41) is 15.3. The number of carbonyl (C=O) groups is 2. The first-order valence-electron chi connectivity index (χ1n) is 4.54. The molecule has 0 saturated carbocycles. The molecule has 11 heteroatoms. The van der Waals surface area contributed by atoms with Crippen LogP contribution in [0, 0.1) is 0 Å². The number of hydrogen-bond acceptors (Lipinski definition) is 4. The number of nitrogens with zero attached hydrogens (tertiary/aromatic N) is 1. The van der Waals surface area contributed by atoms with Gasteiger partial charge in [-0.2, -0.15) is 8.78 Å². The third kappa shape index (κ3) is 12.4. The zero-order chi connectivity index (χ0) is 14.7. The van der Waals surface area contributed by atoms with Crippen LogP contribution in [0.3, 0.4) is 0 Å². The summed E-state index contributed by atoms with van der Waals surface area (Å²) in [5.41, 5.74) is 5.10. The highest BCUT2D eigenvalue weighted by molar-refractivity contribution is 5.73. The zero-order valence-electron chi connectivity index (χ0n) is 9.02. The minimum Gasteiger partial charge on any atom is -0.480 e. The molecular weight excluding hydrogens is 266 g/mol. The van der Waals surface area contributed by atoms with E-state index >= 15 is 0 Å². The Bertz CT molecular complexity index is 255. The van der Waals surface area contributed by atoms with Crippen LogP contribution in [0.2, 0.25) is 0 Å². The third-order valence-electron chi connectivity index (χ3n) is 1.47. The van der Waals surface area contributed by atoms with Crippen molar-refractivity contribution < 1.29 is 37.5 Å². The fourth-order valence-corrected chi connectivity index (χ4v) is 0.752. The lowest BCUT2D eigenvalue weighted by Crippen LogP contribution is -2.40. The molecule has 108 valence electrons. The van der Waals surface area contributed by atoms with E-state index in [0.717, 1.165) is 0 Å². The summed E-state index contributed by atoms with van der Waals surface area (Å²) in [5.74, 6) is -1.27. The van der Waals surface area contributed by atoms with Crippen molar-refractivity contribution >= 4 is 12.1 Å². The molecule has 0 spiro atoms. The molecule has 7 nitrogen and oxygen atoms in total. The fourth-order valence-electron chi connectivity index (χ4n) is 0.752. The number of alkyl halides is 2. The van der Waals surface area contributed by atoms with Gasteiger partial charge in [0.15, 0.2) is 0 Å². The summed E-state index contributed by atoms with van der Waals surface area (Å²) in [6, 6.07) is -1.20. The van der Waals surface area contributed by atoms with Crippen LogP contribution >= 0.6 is 0 Å². The van der Waals surface area contributed by atoms with E-state index in [-0.39, 0.29) is 6.42 Å². The standard InChI is InChI=1S/C6H12F2N2O2.CHF2NO2/c7-6(8)10-4(5(11)12)2-1-3-9;2-4(3)1(5)6/h4,6,10H,1-3,9H2,(H,11,12);(H,5,6)/t4-;/m0./s1. The van der Waals surface area contributed by atoms with Crippen molar-refractivity contribution in [2.45, 2.75) is 25.4 Å². The predicted molar refractivity (Wildman–Crippen MR) is 50.9 cm³/mol. The highest BCUT2D eigenvalue weighted by Gasteiger charge is 2.19. The monoisotopic (exact) mass is 279 g/mol. The summed E-state index contributed by atoms with van der Waals surface area (Å²) in [6.07, 6.45) is -1.71. The fraction of sp³-hybridized carbons (Fsp3) is 0.714. The Morgan fingerprint density at radius 2 is 1.72 bits per heavy atom. The SMILES string of the molecule is NCCC[C@H](NC(F)F)C(=O)O.O=C(O)N(F)F. The van der Waals surface area contributed by atoms with Gasteiger partial charge in [0.25, 0.3) is 6.55 Å². The molecule has 0 heterocycles. The van der Waals surface area contributed by atoms with Gasteiger partial charge in [-0.05, 0) is 19.4 Å². The smallest absolute Gasteiger partial charge is 0.465 e. The van der Waals surface area contributed by atoms with E-state index in [2.05, 4.69) is 0 Å². The van der Waals surface area contributed by atoms with Gasteiger partial charge in [-0.3, -0.25) is 4.79 Å². The van der Waals surface area contributed by atoms with Crippen LogP contribution in [-0.4, -0.2) is 46.8 Å². The number of rotatable bonds is 6. The number of nitrogens with one attached hydrogen (secondary N) is 1. The van der Waals surface area contributed by atoms with E-state index in [1.54, 1.807) is 5.32 Å². The average Bonchev–Trinajstić information content (AvgIpc) is 2.24. The van der Waals surface area contributed by atoms with Gasteiger partial charge in [-0.25, -0.2) is 10.1 Å². The molecule has 0 saturated heterocycles. The molecule has 5 N–H and O–H groups in total. The normalized spacial score (nSPS) is 11.4. The number of hydrogen-bond donors (Lipinski definition) is 4. The average molecular weight is 279 g/mol. The van der Waals surface area contributed by atoms with Crippen molar-refractivity contribution in [3.63, 3.8) is 0 Å². The van der Waals surface area contributed by atoms with E-state index in [9.17, 15) is 22.5 Å². The largest absolute Gasteiger partial charge is 0.480 e. The van der Waals surface area contributed by atoms with Crippen molar-refractivity contribution in [3.05, 3.63) is 0 Å². The molecule has 0 fully saturated rings. The van der Waals surface area contributed by atoms with Gasteiger partial charge in [0, 0.05) is 5.34 Å². The molecule has 1 amide bonds. The molecule has 0 radical (unpaired) electrons. The van der Waals surface area contributed by atoms with Gasteiger partial charge in [0.2, 0.25) is 0 Å². The Morgan fingerprint density at radius 3 is 1.94 bits per heavy atom. The van der Waals surface area contributed by atoms with E-state index in [1.165, 1.54) is 0 Å². The van der Waals surface area contributed by atoms with Gasteiger partial charge in [-0.15, -0.1) is 0 Å². The number of carboxylic acid groups (broad SMARTS) is 2. The van der Waals surface area contributed by atoms with Gasteiger partial charge in [0.1, 0.15) is 6.04 Å². The lowest BCUT2D eigenvalue weighted by molar-refractivity contribution is -0.141. The second-order valence-corrected chi connectivity index (χ2v) is 2.80. The first-order valence-corrected chi connectivity index (χ1v) is 4.54. The van der Waals surface area contributed by atoms with E-state index < -0.39 is 30.0 Å². The second-order valence-electron chi connectivity index (χ2n) is 2.80. The van der Waals surface area contributed by atoms with Gasteiger partial charge < -0.3 is 15.9 Å². The summed E-state index contributed by atoms with van der Waals surface area (Å²) in [4.78, 5) is 19.2. The molecule has 0 unspecified atom stereocenters. The molecule has 0 aliphatic carbocycles. The van der Waals surface area contributed by atoms with Crippen LogP contribution in [0.1, 0.15) is 12.8 Å². The summed E-state index contributed by atoms with van der Waals surface area (Å²) >= 11 is 0. The third-order valence-corrected chi connectivity index (χ3v) is 1.47. The Morgan fingerprint density at radius 1 is 1.28 bits per heavy atom. The highest BCUT2D eigenvalue weighted by Crippen LogP contribution is 1.99. The van der Waals surface area contributed by atoms with Crippen molar-refractivity contribution in [1.29, 1.82) is 0 Å². The van der Waals surface area contributed by atoms with E-state index in [4.69, 9.17) is 20.7 Å². The number of carboxylic acids is 1. The molecule has 0 aromatic heterocycles. The van der Waals surface area contributed by atoms with Crippen LogP contribution in [0.5, 0.6) is 0 Å². The van der Waals surface area contributed by atoms with Crippen molar-refractivity contribution in [2.24, 2.45) is 5.73 Å². The van der Waals surface area contributed by atoms with E-state index in [1.807, 2.05) is 0 Å². The Labute approximate surface area is 99.0 Å². The van der Waals surface area contributed by atoms with Gasteiger partial charge >= 0.3 is 12.1 Å². The lowest BCUT2D eigenvalue weighted by Gasteiger charge is -2.12. The van der Waals surface area contributed by atoms with Crippen LogP contribution in [-0.2, 0) is 4.79 Å². The molecule has 1 atom stereocenters. The maximum atomic E-state index is 11.7. The maximum Gasteiger partial charge on any atom is 0.465 e. The molecule has 0 bridgehead atoms. The first kappa shape index (κ1) is 18.7. The van der Waals surface area contributed by atoms with Crippen LogP contribution in [0.15, 0.2) is 0 Å². The maximum absolute atomic E-state index is 11.7. The zero-order valence-corrected chi connectivity index (χ0v) is 9.02. The molecule has 0 aliphatic rings. The summed E-state index contributed by atoms with van der Waals surface area (Å²) in [7, 11) is 0. The Balaban J connectivity index is 0. The first-order chi connectivity index (χ1) is 8.22. The minimum absolute atomic E-state index is 0.121. The summed E-state index contributed by atoms with van der Waals surface area (Å²) in [6.45, 7) is -2.50.